The Morgan fingerprint density at radius 2 is 1.67 bits per heavy atom. The van der Waals surface area contributed by atoms with Gasteiger partial charge in [0.1, 0.15) is 12.2 Å². The molecule has 2 radical (unpaired) electrons. The van der Waals surface area contributed by atoms with Crippen LogP contribution >= 0.6 is 0 Å². The van der Waals surface area contributed by atoms with Crippen LogP contribution in [-0.2, 0) is 23.7 Å². The number of ether oxygens (including phenoxy) is 5. The summed E-state index contributed by atoms with van der Waals surface area (Å²) in [6, 6.07) is 0. The van der Waals surface area contributed by atoms with Crippen molar-refractivity contribution in [3.05, 3.63) is 6.92 Å². The maximum Gasteiger partial charge on any atom is 0.187 e. The van der Waals surface area contributed by atoms with E-state index in [2.05, 4.69) is 0 Å². The van der Waals surface area contributed by atoms with E-state index in [-0.39, 0.29) is 24.2 Å². The molecule has 0 bridgehead atoms. The van der Waals surface area contributed by atoms with Crippen molar-refractivity contribution in [1.29, 1.82) is 0 Å². The lowest BCUT2D eigenvalue weighted by Gasteiger charge is -2.26. The van der Waals surface area contributed by atoms with Gasteiger partial charge in [0.25, 0.3) is 0 Å². The molecular weight excluding hydrogens is 236 g/mol. The normalized spacial score (nSPS) is 49.5. The lowest BCUT2D eigenvalue weighted by Crippen LogP contribution is -2.38. The maximum atomic E-state index is 6.19. The zero-order valence-electron chi connectivity index (χ0n) is 11.2. The average Bonchev–Trinajstić information content (AvgIpc) is 2.81. The molecule has 3 fully saturated rings. The van der Waals surface area contributed by atoms with E-state index < -0.39 is 17.9 Å². The SMILES string of the molecule is [CH][C@H]1[C@H]2OC(C)(C)O[C@H]2O[C@@H]1[C@H]1COC(C)(C)O1. The second-order valence-electron chi connectivity index (χ2n) is 6.01. The molecular formula is C13H20O5. The van der Waals surface area contributed by atoms with Crippen LogP contribution in [-0.4, -0.2) is 42.8 Å². The summed E-state index contributed by atoms with van der Waals surface area (Å²) in [4.78, 5) is 0. The highest BCUT2D eigenvalue weighted by atomic mass is 16.8. The van der Waals surface area contributed by atoms with Gasteiger partial charge in [-0.05, 0) is 34.6 Å². The smallest absolute Gasteiger partial charge is 0.187 e. The molecule has 18 heavy (non-hydrogen) atoms. The summed E-state index contributed by atoms with van der Waals surface area (Å²) in [5, 5.41) is 0. The molecule has 0 aromatic heterocycles. The monoisotopic (exact) mass is 256 g/mol. The standard InChI is InChI=1S/C13H20O5/c1-7-9(8-6-14-12(2,3)16-8)15-11-10(7)17-13(4,5)18-11/h1,7-11H,6H2,2-5H3/t7-,8-,9+,10-,11-/m1/s1. The molecule has 3 saturated heterocycles. The average molecular weight is 256 g/mol. The minimum Gasteiger partial charge on any atom is -0.348 e. The minimum absolute atomic E-state index is 0.170. The van der Waals surface area contributed by atoms with E-state index in [1.165, 1.54) is 0 Å². The van der Waals surface area contributed by atoms with Gasteiger partial charge in [-0.15, -0.1) is 0 Å². The highest BCUT2D eigenvalue weighted by Crippen LogP contribution is 2.43. The number of rotatable bonds is 1. The van der Waals surface area contributed by atoms with Crippen molar-refractivity contribution in [2.45, 2.75) is 63.9 Å². The summed E-state index contributed by atoms with van der Waals surface area (Å²) < 4.78 is 28.6. The second-order valence-corrected chi connectivity index (χ2v) is 6.01. The first-order chi connectivity index (χ1) is 8.27. The molecule has 5 nitrogen and oxygen atoms in total. The van der Waals surface area contributed by atoms with Crippen molar-refractivity contribution in [3.63, 3.8) is 0 Å². The van der Waals surface area contributed by atoms with Crippen LogP contribution in [0.25, 0.3) is 0 Å². The Morgan fingerprint density at radius 1 is 0.944 bits per heavy atom. The van der Waals surface area contributed by atoms with Gasteiger partial charge >= 0.3 is 0 Å². The van der Waals surface area contributed by atoms with Gasteiger partial charge in [0.2, 0.25) is 0 Å². The largest absolute Gasteiger partial charge is 0.348 e. The van der Waals surface area contributed by atoms with Gasteiger partial charge in [-0.25, -0.2) is 0 Å². The van der Waals surface area contributed by atoms with Gasteiger partial charge in [0.05, 0.1) is 12.7 Å². The van der Waals surface area contributed by atoms with Gasteiger partial charge in [-0.3, -0.25) is 0 Å². The van der Waals surface area contributed by atoms with Gasteiger partial charge in [-0.2, -0.15) is 0 Å². The summed E-state index contributed by atoms with van der Waals surface area (Å²) in [5.41, 5.74) is 0. The fourth-order valence-electron chi connectivity index (χ4n) is 2.77. The molecule has 0 N–H and O–H groups in total. The summed E-state index contributed by atoms with van der Waals surface area (Å²) >= 11 is 0. The van der Waals surface area contributed by atoms with Crippen LogP contribution in [0.5, 0.6) is 0 Å². The first-order valence-electron chi connectivity index (χ1n) is 6.36. The van der Waals surface area contributed by atoms with Crippen molar-refractivity contribution in [1.82, 2.24) is 0 Å². The molecule has 3 heterocycles. The van der Waals surface area contributed by atoms with Gasteiger partial charge in [0, 0.05) is 5.92 Å². The maximum absolute atomic E-state index is 6.19. The Hall–Kier alpha value is -0.200. The Balaban J connectivity index is 1.68. The van der Waals surface area contributed by atoms with E-state index >= 15 is 0 Å². The second kappa shape index (κ2) is 3.90. The molecule has 5 heteroatoms. The van der Waals surface area contributed by atoms with Crippen molar-refractivity contribution in [3.8, 4) is 0 Å². The van der Waals surface area contributed by atoms with Crippen molar-refractivity contribution >= 4 is 0 Å². The van der Waals surface area contributed by atoms with Crippen LogP contribution in [0.2, 0.25) is 0 Å². The van der Waals surface area contributed by atoms with Crippen LogP contribution in [0.1, 0.15) is 27.7 Å². The zero-order valence-corrected chi connectivity index (χ0v) is 11.2. The van der Waals surface area contributed by atoms with E-state index in [0.717, 1.165) is 0 Å². The van der Waals surface area contributed by atoms with Crippen LogP contribution in [0, 0.1) is 12.8 Å². The molecule has 0 aliphatic carbocycles. The van der Waals surface area contributed by atoms with Gasteiger partial charge in [-0.1, -0.05) is 0 Å². The highest BCUT2D eigenvalue weighted by Gasteiger charge is 2.56. The third-order valence-corrected chi connectivity index (χ3v) is 3.53. The number of hydrogen-bond donors (Lipinski definition) is 0. The number of hydrogen-bond acceptors (Lipinski definition) is 5. The van der Waals surface area contributed by atoms with E-state index in [1.54, 1.807) is 0 Å². The first-order valence-corrected chi connectivity index (χ1v) is 6.36. The summed E-state index contributed by atoms with van der Waals surface area (Å²) in [6.07, 6.45) is -1.07. The minimum atomic E-state index is -0.635. The van der Waals surface area contributed by atoms with Crippen molar-refractivity contribution in [2.75, 3.05) is 6.61 Å². The molecule has 5 atom stereocenters. The lowest BCUT2D eigenvalue weighted by molar-refractivity contribution is -0.225. The van der Waals surface area contributed by atoms with Crippen molar-refractivity contribution in [2.24, 2.45) is 5.92 Å². The Labute approximate surface area is 108 Å². The lowest BCUT2D eigenvalue weighted by atomic mass is 9.97. The Morgan fingerprint density at radius 3 is 2.22 bits per heavy atom. The summed E-state index contributed by atoms with van der Waals surface area (Å²) in [5.74, 6) is -1.48. The Bertz CT molecular complexity index is 340. The molecule has 3 aliphatic rings. The van der Waals surface area contributed by atoms with E-state index in [9.17, 15) is 0 Å². The Kier molecular flexibility index (Phi) is 2.78. The quantitative estimate of drug-likeness (QED) is 0.708. The molecule has 0 amide bonds. The topological polar surface area (TPSA) is 46.2 Å². The van der Waals surface area contributed by atoms with E-state index in [4.69, 9.17) is 30.6 Å². The molecule has 3 rings (SSSR count). The predicted octanol–water partition coefficient (Wildman–Crippen LogP) is 1.34. The first kappa shape index (κ1) is 12.8. The summed E-state index contributed by atoms with van der Waals surface area (Å²) in [6.45, 7) is 14.1. The third-order valence-electron chi connectivity index (χ3n) is 3.53. The van der Waals surface area contributed by atoms with Crippen LogP contribution in [0.4, 0.5) is 0 Å². The number of fused-ring (bicyclic) bond motifs is 1. The van der Waals surface area contributed by atoms with E-state index in [0.29, 0.717) is 6.61 Å². The van der Waals surface area contributed by atoms with Crippen LogP contribution in [0.3, 0.4) is 0 Å². The van der Waals surface area contributed by atoms with E-state index in [1.807, 2.05) is 27.7 Å². The molecule has 102 valence electrons. The zero-order chi connectivity index (χ0) is 13.1. The molecule has 3 aliphatic heterocycles. The third kappa shape index (κ3) is 2.08. The highest BCUT2D eigenvalue weighted by molar-refractivity contribution is 4.98. The fourth-order valence-corrected chi connectivity index (χ4v) is 2.77. The molecule has 0 spiro atoms. The summed E-state index contributed by atoms with van der Waals surface area (Å²) in [7, 11) is 0. The molecule has 0 unspecified atom stereocenters. The van der Waals surface area contributed by atoms with Crippen LogP contribution < -0.4 is 0 Å². The van der Waals surface area contributed by atoms with Crippen LogP contribution in [0.15, 0.2) is 0 Å². The molecule has 0 aromatic rings. The van der Waals surface area contributed by atoms with Gasteiger partial charge in [0.15, 0.2) is 17.9 Å². The molecule has 0 saturated carbocycles. The molecule has 0 aromatic carbocycles. The van der Waals surface area contributed by atoms with Crippen molar-refractivity contribution < 1.29 is 23.7 Å². The van der Waals surface area contributed by atoms with Gasteiger partial charge < -0.3 is 23.7 Å². The predicted molar refractivity (Wildman–Crippen MR) is 61.4 cm³/mol. The fraction of sp³-hybridized carbons (Fsp3) is 0.923.